The van der Waals surface area contributed by atoms with Crippen LogP contribution in [-0.2, 0) is 10.5 Å². The van der Waals surface area contributed by atoms with Gasteiger partial charge in [-0.25, -0.2) is 4.98 Å². The van der Waals surface area contributed by atoms with E-state index >= 15 is 0 Å². The van der Waals surface area contributed by atoms with E-state index in [1.165, 1.54) is 0 Å². The molecular formula is C19H17ClN2O2S. The van der Waals surface area contributed by atoms with Crippen molar-refractivity contribution in [1.82, 2.24) is 4.98 Å². The summed E-state index contributed by atoms with van der Waals surface area (Å²) in [6.07, 6.45) is 2.31. The number of hydrogen-bond acceptors (Lipinski definition) is 4. The molecule has 2 aromatic carbocycles. The fraction of sp³-hybridized carbons (Fsp3) is 0.263. The number of carbonyl (C=O) groups is 1. The summed E-state index contributed by atoms with van der Waals surface area (Å²) in [5.41, 5.74) is 3.48. The lowest BCUT2D eigenvalue weighted by atomic mass is 10.2. The Hall–Kier alpha value is -1.98. The minimum absolute atomic E-state index is 0.0239. The maximum absolute atomic E-state index is 12.1. The summed E-state index contributed by atoms with van der Waals surface area (Å²) in [6, 6.07) is 13.3. The molecule has 1 aliphatic rings. The van der Waals surface area contributed by atoms with Crippen molar-refractivity contribution in [1.29, 1.82) is 0 Å². The van der Waals surface area contributed by atoms with Gasteiger partial charge in [0.1, 0.15) is 5.52 Å². The molecule has 6 heteroatoms. The molecule has 0 radical (unpaired) electrons. The van der Waals surface area contributed by atoms with Crippen LogP contribution >= 0.6 is 23.4 Å². The lowest BCUT2D eigenvalue weighted by Gasteiger charge is -2.05. The van der Waals surface area contributed by atoms with Gasteiger partial charge in [0.2, 0.25) is 5.91 Å². The lowest BCUT2D eigenvalue weighted by Crippen LogP contribution is -2.14. The molecule has 1 aliphatic carbocycles. The number of aromatic nitrogens is 1. The highest BCUT2D eigenvalue weighted by atomic mass is 35.5. The van der Waals surface area contributed by atoms with E-state index in [1.54, 1.807) is 11.8 Å². The highest BCUT2D eigenvalue weighted by molar-refractivity contribution is 7.99. The summed E-state index contributed by atoms with van der Waals surface area (Å²) in [4.78, 5) is 16.6. The number of fused-ring (bicyclic) bond motifs is 1. The predicted molar refractivity (Wildman–Crippen MR) is 102 cm³/mol. The van der Waals surface area contributed by atoms with Crippen molar-refractivity contribution >= 4 is 46.1 Å². The van der Waals surface area contributed by atoms with Crippen molar-refractivity contribution < 1.29 is 9.21 Å². The number of rotatable bonds is 6. The van der Waals surface area contributed by atoms with E-state index in [-0.39, 0.29) is 5.91 Å². The molecule has 4 rings (SSSR count). The van der Waals surface area contributed by atoms with Crippen molar-refractivity contribution in [3.05, 3.63) is 58.9 Å². The summed E-state index contributed by atoms with van der Waals surface area (Å²) < 4.78 is 5.74. The van der Waals surface area contributed by atoms with Crippen LogP contribution in [0, 0.1) is 0 Å². The van der Waals surface area contributed by atoms with E-state index in [1.807, 2.05) is 42.5 Å². The van der Waals surface area contributed by atoms with Crippen molar-refractivity contribution in [2.24, 2.45) is 0 Å². The van der Waals surface area contributed by atoms with Gasteiger partial charge in [0.05, 0.1) is 5.75 Å². The molecule has 4 nitrogen and oxygen atoms in total. The highest BCUT2D eigenvalue weighted by Gasteiger charge is 2.28. The first kappa shape index (κ1) is 16.5. The number of nitrogens with zero attached hydrogens (tertiary/aromatic N) is 1. The second-order valence-corrected chi connectivity index (χ2v) is 7.60. The molecule has 0 spiro atoms. The van der Waals surface area contributed by atoms with Gasteiger partial charge in [-0.2, -0.15) is 0 Å². The van der Waals surface area contributed by atoms with Crippen LogP contribution in [0.4, 0.5) is 5.69 Å². The van der Waals surface area contributed by atoms with Gasteiger partial charge < -0.3 is 9.73 Å². The van der Waals surface area contributed by atoms with E-state index in [4.69, 9.17) is 16.0 Å². The molecule has 0 bridgehead atoms. The van der Waals surface area contributed by atoms with Crippen LogP contribution in [0.25, 0.3) is 11.1 Å². The minimum Gasteiger partial charge on any atom is -0.440 e. The van der Waals surface area contributed by atoms with Gasteiger partial charge in [-0.3, -0.25) is 4.79 Å². The van der Waals surface area contributed by atoms with Gasteiger partial charge in [-0.1, -0.05) is 23.7 Å². The Labute approximate surface area is 155 Å². The smallest absolute Gasteiger partial charge is 0.234 e. The number of carbonyl (C=O) groups excluding carboxylic acids is 1. The number of amides is 1. The molecule has 128 valence electrons. The molecule has 25 heavy (non-hydrogen) atoms. The Morgan fingerprint density at radius 2 is 2.04 bits per heavy atom. The Bertz CT molecular complexity index is 903. The average Bonchev–Trinajstić information content (AvgIpc) is 3.36. The maximum Gasteiger partial charge on any atom is 0.234 e. The van der Waals surface area contributed by atoms with Gasteiger partial charge in [0, 0.05) is 22.4 Å². The van der Waals surface area contributed by atoms with Gasteiger partial charge in [0.15, 0.2) is 11.5 Å². The maximum atomic E-state index is 12.1. The van der Waals surface area contributed by atoms with Crippen LogP contribution in [0.3, 0.4) is 0 Å². The number of thioether (sulfide) groups is 1. The number of halogens is 1. The van der Waals surface area contributed by atoms with Crippen LogP contribution in [0.15, 0.2) is 46.9 Å². The predicted octanol–water partition coefficient (Wildman–Crippen LogP) is 5.23. The molecule has 1 amide bonds. The molecule has 0 unspecified atom stereocenters. The number of nitrogens with one attached hydrogen (secondary N) is 1. The van der Waals surface area contributed by atoms with E-state index < -0.39 is 0 Å². The molecule has 1 fully saturated rings. The van der Waals surface area contributed by atoms with Gasteiger partial charge in [-0.05, 0) is 48.7 Å². The van der Waals surface area contributed by atoms with Crippen molar-refractivity contribution in [2.75, 3.05) is 11.1 Å². The number of anilines is 1. The molecule has 1 heterocycles. The fourth-order valence-corrected chi connectivity index (χ4v) is 3.48. The van der Waals surface area contributed by atoms with Crippen LogP contribution in [0.5, 0.6) is 0 Å². The van der Waals surface area contributed by atoms with Crippen molar-refractivity contribution in [3.63, 3.8) is 0 Å². The molecule has 0 aliphatic heterocycles. The van der Waals surface area contributed by atoms with E-state index in [2.05, 4.69) is 10.3 Å². The zero-order valence-corrected chi connectivity index (χ0v) is 15.1. The lowest BCUT2D eigenvalue weighted by molar-refractivity contribution is -0.113. The van der Waals surface area contributed by atoms with E-state index in [9.17, 15) is 4.79 Å². The Morgan fingerprint density at radius 1 is 1.24 bits per heavy atom. The summed E-state index contributed by atoms with van der Waals surface area (Å²) >= 11 is 7.44. The number of benzene rings is 2. The van der Waals surface area contributed by atoms with Crippen LogP contribution in [0.1, 0.15) is 30.2 Å². The monoisotopic (exact) mass is 372 g/mol. The fourth-order valence-electron chi connectivity index (χ4n) is 2.57. The zero-order chi connectivity index (χ0) is 17.2. The molecule has 1 aromatic heterocycles. The quantitative estimate of drug-likeness (QED) is 0.643. The van der Waals surface area contributed by atoms with Gasteiger partial charge >= 0.3 is 0 Å². The molecule has 1 N–H and O–H groups in total. The Balaban J connectivity index is 1.32. The topological polar surface area (TPSA) is 55.1 Å². The third-order valence-corrected chi connectivity index (χ3v) is 5.29. The highest BCUT2D eigenvalue weighted by Crippen LogP contribution is 2.40. The van der Waals surface area contributed by atoms with Crippen molar-refractivity contribution in [3.8, 4) is 0 Å². The summed E-state index contributed by atoms with van der Waals surface area (Å²) in [7, 11) is 0. The number of hydrogen-bond donors (Lipinski definition) is 1. The van der Waals surface area contributed by atoms with Crippen LogP contribution in [0.2, 0.25) is 5.02 Å². The summed E-state index contributed by atoms with van der Waals surface area (Å²) in [6.45, 7) is 0. The molecule has 0 saturated heterocycles. The van der Waals surface area contributed by atoms with Crippen molar-refractivity contribution in [2.45, 2.75) is 24.5 Å². The third kappa shape index (κ3) is 4.17. The summed E-state index contributed by atoms with van der Waals surface area (Å²) in [5.74, 6) is 2.45. The van der Waals surface area contributed by atoms with Gasteiger partial charge in [-0.15, -0.1) is 11.8 Å². The first-order valence-electron chi connectivity index (χ1n) is 8.20. The Morgan fingerprint density at radius 3 is 2.80 bits per heavy atom. The zero-order valence-electron chi connectivity index (χ0n) is 13.5. The number of oxazole rings is 1. The molecular weight excluding hydrogens is 356 g/mol. The first-order valence-corrected chi connectivity index (χ1v) is 9.73. The Kier molecular flexibility index (Phi) is 4.68. The van der Waals surface area contributed by atoms with Gasteiger partial charge in [0.25, 0.3) is 0 Å². The van der Waals surface area contributed by atoms with E-state index in [0.29, 0.717) is 11.7 Å². The second-order valence-electron chi connectivity index (χ2n) is 6.18. The normalized spacial score (nSPS) is 14.0. The molecule has 0 atom stereocenters. The second kappa shape index (κ2) is 7.10. The summed E-state index contributed by atoms with van der Waals surface area (Å²) in [5, 5.41) is 3.64. The van der Waals surface area contributed by atoms with Crippen LogP contribution in [-0.4, -0.2) is 16.6 Å². The van der Waals surface area contributed by atoms with Crippen LogP contribution < -0.4 is 5.32 Å². The third-order valence-electron chi connectivity index (χ3n) is 4.03. The molecule has 1 saturated carbocycles. The largest absolute Gasteiger partial charge is 0.440 e. The minimum atomic E-state index is -0.0239. The first-order chi connectivity index (χ1) is 12.2. The SMILES string of the molecule is O=C(CSCc1ccc(Cl)cc1)Nc1ccc2oc(C3CC3)nc2c1. The average molecular weight is 373 g/mol. The standard InChI is InChI=1S/C19H17ClN2O2S/c20-14-5-1-12(2-6-14)10-25-11-18(23)21-15-7-8-17-16(9-15)22-19(24-17)13-3-4-13/h1-2,5-9,13H,3-4,10-11H2,(H,21,23). The van der Waals surface area contributed by atoms with E-state index in [0.717, 1.165) is 51.9 Å². The molecule has 3 aromatic rings.